The van der Waals surface area contributed by atoms with Gasteiger partial charge in [-0.05, 0) is 36.1 Å². The Kier molecular flexibility index (Phi) is 5.65. The molecule has 0 saturated carbocycles. The molecule has 2 aromatic heterocycles. The molecule has 0 aliphatic heterocycles. The molecule has 5 aromatic rings. The highest BCUT2D eigenvalue weighted by Gasteiger charge is 2.20. The third-order valence-corrected chi connectivity index (χ3v) is 6.73. The minimum absolute atomic E-state index is 0.189. The van der Waals surface area contributed by atoms with E-state index in [1.54, 1.807) is 19.1 Å². The standard InChI is InChI=1S/C26H20N4O3S/c1-16-22-25(34-23(16)24(32)28-18-10-3-2-4-11-18)27-15-30(26(22)33)14-21(31)29-20-13-7-9-17-8-5-6-12-19(17)20/h2-13,15H,14H2,1H3,(H,28,32)(H,29,31). The number of anilines is 2. The van der Waals surface area contributed by atoms with Gasteiger partial charge in [-0.2, -0.15) is 0 Å². The molecule has 0 bridgehead atoms. The highest BCUT2D eigenvalue weighted by molar-refractivity contribution is 7.20. The molecule has 2 heterocycles. The van der Waals surface area contributed by atoms with Crippen molar-refractivity contribution >= 4 is 55.5 Å². The quantitative estimate of drug-likeness (QED) is 0.387. The summed E-state index contributed by atoms with van der Waals surface area (Å²) >= 11 is 1.16. The zero-order chi connectivity index (χ0) is 23.7. The molecule has 2 N–H and O–H groups in total. The Morgan fingerprint density at radius 1 is 0.941 bits per heavy atom. The normalized spacial score (nSPS) is 11.0. The Bertz CT molecular complexity index is 1600. The number of nitrogens with zero attached hydrogens (tertiary/aromatic N) is 2. The topological polar surface area (TPSA) is 93.1 Å². The predicted octanol–water partition coefficient (Wildman–Crippen LogP) is 4.81. The molecule has 0 fully saturated rings. The molecule has 3 aromatic carbocycles. The summed E-state index contributed by atoms with van der Waals surface area (Å²) in [7, 11) is 0. The van der Waals surface area contributed by atoms with Gasteiger partial charge in [0.25, 0.3) is 11.5 Å². The van der Waals surface area contributed by atoms with Gasteiger partial charge in [0.05, 0.1) is 16.6 Å². The highest BCUT2D eigenvalue weighted by atomic mass is 32.1. The first kappa shape index (κ1) is 21.5. The molecular weight excluding hydrogens is 448 g/mol. The molecule has 5 rings (SSSR count). The van der Waals surface area contributed by atoms with Crippen molar-refractivity contribution in [2.24, 2.45) is 0 Å². The van der Waals surface area contributed by atoms with E-state index in [0.29, 0.717) is 32.0 Å². The van der Waals surface area contributed by atoms with Crippen LogP contribution >= 0.6 is 11.3 Å². The number of benzene rings is 3. The molecule has 0 aliphatic carbocycles. The van der Waals surface area contributed by atoms with E-state index in [9.17, 15) is 14.4 Å². The Labute approximate surface area is 198 Å². The number of para-hydroxylation sites is 1. The minimum atomic E-state index is -0.356. The van der Waals surface area contributed by atoms with Gasteiger partial charge >= 0.3 is 0 Å². The fourth-order valence-electron chi connectivity index (χ4n) is 3.88. The summed E-state index contributed by atoms with van der Waals surface area (Å²) in [4.78, 5) is 43.9. The van der Waals surface area contributed by atoms with Crippen molar-refractivity contribution in [2.45, 2.75) is 13.5 Å². The van der Waals surface area contributed by atoms with E-state index in [4.69, 9.17) is 0 Å². The maximum atomic E-state index is 13.2. The van der Waals surface area contributed by atoms with Gasteiger partial charge in [0.15, 0.2) is 0 Å². The maximum Gasteiger partial charge on any atom is 0.266 e. The van der Waals surface area contributed by atoms with E-state index >= 15 is 0 Å². The van der Waals surface area contributed by atoms with Crippen LogP contribution in [0.2, 0.25) is 0 Å². The van der Waals surface area contributed by atoms with Crippen LogP contribution in [0.3, 0.4) is 0 Å². The molecule has 0 atom stereocenters. The minimum Gasteiger partial charge on any atom is -0.324 e. The maximum absolute atomic E-state index is 13.2. The van der Waals surface area contributed by atoms with E-state index in [-0.39, 0.29) is 23.9 Å². The van der Waals surface area contributed by atoms with E-state index in [2.05, 4.69) is 15.6 Å². The lowest BCUT2D eigenvalue weighted by molar-refractivity contribution is -0.116. The van der Waals surface area contributed by atoms with Gasteiger partial charge in [-0.3, -0.25) is 19.0 Å². The molecule has 0 radical (unpaired) electrons. The first-order chi connectivity index (χ1) is 16.5. The number of aryl methyl sites for hydroxylation is 1. The third kappa shape index (κ3) is 4.06. The van der Waals surface area contributed by atoms with Crippen LogP contribution < -0.4 is 16.2 Å². The second kappa shape index (κ2) is 8.92. The first-order valence-electron chi connectivity index (χ1n) is 10.6. The van der Waals surface area contributed by atoms with Crippen molar-refractivity contribution in [2.75, 3.05) is 10.6 Å². The Morgan fingerprint density at radius 2 is 1.68 bits per heavy atom. The second-order valence-corrected chi connectivity index (χ2v) is 8.81. The number of rotatable bonds is 5. The van der Waals surface area contributed by atoms with E-state index in [1.165, 1.54) is 10.9 Å². The number of amides is 2. The number of thiophene rings is 1. The molecule has 34 heavy (non-hydrogen) atoms. The number of fused-ring (bicyclic) bond motifs is 2. The van der Waals surface area contributed by atoms with Gasteiger partial charge in [-0.15, -0.1) is 11.3 Å². The lowest BCUT2D eigenvalue weighted by atomic mass is 10.1. The van der Waals surface area contributed by atoms with Crippen LogP contribution in [-0.2, 0) is 11.3 Å². The number of hydrogen-bond acceptors (Lipinski definition) is 5. The summed E-state index contributed by atoms with van der Waals surface area (Å²) in [5, 5.41) is 8.00. The van der Waals surface area contributed by atoms with Gasteiger partial charge in [-0.25, -0.2) is 4.98 Å². The van der Waals surface area contributed by atoms with Crippen molar-refractivity contribution in [3.05, 3.63) is 99.9 Å². The number of aromatic nitrogens is 2. The molecule has 0 unspecified atom stereocenters. The number of carbonyl (C=O) groups is 2. The monoisotopic (exact) mass is 468 g/mol. The van der Waals surface area contributed by atoms with Crippen LogP contribution in [0.5, 0.6) is 0 Å². The van der Waals surface area contributed by atoms with Crippen molar-refractivity contribution in [3.63, 3.8) is 0 Å². The zero-order valence-corrected chi connectivity index (χ0v) is 19.1. The smallest absolute Gasteiger partial charge is 0.266 e. The van der Waals surface area contributed by atoms with Crippen LogP contribution in [-0.4, -0.2) is 21.4 Å². The van der Waals surface area contributed by atoms with Crippen LogP contribution in [0, 0.1) is 6.92 Å². The average Bonchev–Trinajstić information content (AvgIpc) is 3.19. The fraction of sp³-hybridized carbons (Fsp3) is 0.0769. The fourth-order valence-corrected chi connectivity index (χ4v) is 4.91. The molecular formula is C26H20N4O3S. The van der Waals surface area contributed by atoms with Crippen molar-refractivity contribution in [3.8, 4) is 0 Å². The molecule has 0 spiro atoms. The average molecular weight is 469 g/mol. The number of hydrogen-bond donors (Lipinski definition) is 2. The van der Waals surface area contributed by atoms with Crippen molar-refractivity contribution in [1.29, 1.82) is 0 Å². The highest BCUT2D eigenvalue weighted by Crippen LogP contribution is 2.28. The lowest BCUT2D eigenvalue weighted by Gasteiger charge is -2.10. The molecule has 168 valence electrons. The molecule has 0 aliphatic rings. The van der Waals surface area contributed by atoms with Crippen LogP contribution in [0.4, 0.5) is 11.4 Å². The largest absolute Gasteiger partial charge is 0.324 e. The third-order valence-electron chi connectivity index (χ3n) is 5.53. The summed E-state index contributed by atoms with van der Waals surface area (Å²) in [6.45, 7) is 1.54. The Balaban J connectivity index is 1.40. The Morgan fingerprint density at radius 3 is 2.50 bits per heavy atom. The van der Waals surface area contributed by atoms with Crippen LogP contribution in [0.25, 0.3) is 21.0 Å². The van der Waals surface area contributed by atoms with Gasteiger partial charge in [-0.1, -0.05) is 54.6 Å². The van der Waals surface area contributed by atoms with Crippen molar-refractivity contribution < 1.29 is 9.59 Å². The van der Waals surface area contributed by atoms with E-state index in [1.807, 2.05) is 60.7 Å². The van der Waals surface area contributed by atoms with Crippen molar-refractivity contribution in [1.82, 2.24) is 9.55 Å². The molecule has 0 saturated heterocycles. The molecule has 7 nitrogen and oxygen atoms in total. The molecule has 8 heteroatoms. The zero-order valence-electron chi connectivity index (χ0n) is 18.2. The lowest BCUT2D eigenvalue weighted by Crippen LogP contribution is -2.28. The van der Waals surface area contributed by atoms with E-state index in [0.717, 1.165) is 22.1 Å². The van der Waals surface area contributed by atoms with Gasteiger partial charge < -0.3 is 10.6 Å². The van der Waals surface area contributed by atoms with Crippen LogP contribution in [0.15, 0.2) is 83.9 Å². The van der Waals surface area contributed by atoms with Gasteiger partial charge in [0.2, 0.25) is 5.91 Å². The SMILES string of the molecule is Cc1c(C(=O)Nc2ccccc2)sc2ncn(CC(=O)Nc3cccc4ccccc34)c(=O)c12. The number of carbonyl (C=O) groups excluding carboxylic acids is 2. The predicted molar refractivity (Wildman–Crippen MR) is 136 cm³/mol. The van der Waals surface area contributed by atoms with Crippen LogP contribution in [0.1, 0.15) is 15.2 Å². The summed E-state index contributed by atoms with van der Waals surface area (Å²) in [5.41, 5.74) is 1.54. The molecule has 2 amide bonds. The van der Waals surface area contributed by atoms with Gasteiger partial charge in [0, 0.05) is 16.8 Å². The van der Waals surface area contributed by atoms with E-state index < -0.39 is 0 Å². The second-order valence-electron chi connectivity index (χ2n) is 7.81. The Hall–Kier alpha value is -4.30. The summed E-state index contributed by atoms with van der Waals surface area (Å²) < 4.78 is 1.27. The summed E-state index contributed by atoms with van der Waals surface area (Å²) in [5.74, 6) is -0.638. The number of nitrogens with one attached hydrogen (secondary N) is 2. The first-order valence-corrected chi connectivity index (χ1v) is 11.5. The summed E-state index contributed by atoms with van der Waals surface area (Å²) in [6, 6.07) is 22.5. The summed E-state index contributed by atoms with van der Waals surface area (Å²) in [6.07, 6.45) is 1.35. The van der Waals surface area contributed by atoms with Gasteiger partial charge in [0.1, 0.15) is 11.4 Å².